The van der Waals surface area contributed by atoms with Gasteiger partial charge in [0.1, 0.15) is 6.61 Å². The molecule has 0 bridgehead atoms. The second kappa shape index (κ2) is 13.3. The largest absolute Gasteiger partial charge is 0.493 e. The number of pyridine rings is 1. The molecule has 10 heteroatoms. The number of nitrogens with one attached hydrogen (secondary N) is 1. The molecule has 5 rings (SSSR count). The summed E-state index contributed by atoms with van der Waals surface area (Å²) in [5, 5.41) is 12.8. The van der Waals surface area contributed by atoms with Crippen molar-refractivity contribution in [2.24, 2.45) is 5.16 Å². The Labute approximate surface area is 258 Å². The lowest BCUT2D eigenvalue weighted by Crippen LogP contribution is -2.39. The summed E-state index contributed by atoms with van der Waals surface area (Å²) in [5.41, 5.74) is 6.44. The lowest BCUT2D eigenvalue weighted by molar-refractivity contribution is 0.0984. The highest BCUT2D eigenvalue weighted by Gasteiger charge is 2.25. The Morgan fingerprint density at radius 2 is 1.75 bits per heavy atom. The van der Waals surface area contributed by atoms with Crippen LogP contribution >= 0.6 is 0 Å². The molecule has 0 atom stereocenters. The van der Waals surface area contributed by atoms with Crippen LogP contribution in [-0.2, 0) is 6.42 Å². The molecular formula is C34H40N6O4. The Morgan fingerprint density at radius 1 is 1.00 bits per heavy atom. The molecule has 0 saturated heterocycles. The van der Waals surface area contributed by atoms with Crippen LogP contribution in [0, 0.1) is 0 Å². The van der Waals surface area contributed by atoms with Crippen molar-refractivity contribution in [1.82, 2.24) is 19.9 Å². The first kappa shape index (κ1) is 30.7. The Hall–Kier alpha value is -4.70. The monoisotopic (exact) mass is 596 g/mol. The predicted octanol–water partition coefficient (Wildman–Crippen LogP) is 6.05. The summed E-state index contributed by atoms with van der Waals surface area (Å²) < 4.78 is 11.7. The molecule has 10 nitrogen and oxygen atoms in total. The van der Waals surface area contributed by atoms with E-state index in [4.69, 9.17) is 14.5 Å². The van der Waals surface area contributed by atoms with Crippen molar-refractivity contribution in [1.29, 1.82) is 0 Å². The van der Waals surface area contributed by atoms with Gasteiger partial charge in [-0.2, -0.15) is 0 Å². The van der Waals surface area contributed by atoms with Crippen molar-refractivity contribution in [2.75, 3.05) is 32.2 Å². The summed E-state index contributed by atoms with van der Waals surface area (Å²) in [6, 6.07) is 16.0. The number of rotatable bonds is 11. The zero-order chi connectivity index (χ0) is 31.4. The van der Waals surface area contributed by atoms with Crippen LogP contribution in [0.4, 0.5) is 5.69 Å². The highest BCUT2D eigenvalue weighted by molar-refractivity contribution is 6.06. The number of methoxy groups -OCH3 is 1. The van der Waals surface area contributed by atoms with Crippen molar-refractivity contribution in [2.45, 2.75) is 52.6 Å². The van der Waals surface area contributed by atoms with Crippen LogP contribution < -0.4 is 14.4 Å². The number of imidazole rings is 1. The highest BCUT2D eigenvalue weighted by atomic mass is 16.5. The fourth-order valence-corrected chi connectivity index (χ4v) is 5.77. The standard InChI is InChI=1S/C34H40N6O4/c1-21(2)40(22(3)4)17-18-44-29-12-9-26(20-30(29)43-6)39(5)34(41)33-36-31(23-13-15-35-16-14-23)32(37-33)25-7-10-27-24(19-25)8-11-28(27)38-42/h7,9-10,12-16,19-22,42H,8,11,17-18H2,1-6H3,(H,36,37). The number of aromatic nitrogens is 3. The van der Waals surface area contributed by atoms with Gasteiger partial charge in [0.05, 0.1) is 24.2 Å². The second-order valence-electron chi connectivity index (χ2n) is 11.4. The van der Waals surface area contributed by atoms with Crippen LogP contribution in [0.25, 0.3) is 22.5 Å². The van der Waals surface area contributed by atoms with Gasteiger partial charge in [0.15, 0.2) is 17.3 Å². The van der Waals surface area contributed by atoms with Crippen molar-refractivity contribution >= 4 is 17.3 Å². The van der Waals surface area contributed by atoms with Crippen molar-refractivity contribution in [3.05, 3.63) is 77.9 Å². The smallest absolute Gasteiger partial charge is 0.293 e. The van der Waals surface area contributed by atoms with E-state index >= 15 is 0 Å². The number of carbonyl (C=O) groups is 1. The molecule has 4 aromatic rings. The molecule has 2 aromatic carbocycles. The SMILES string of the molecule is COc1cc(N(C)C(=O)c2nc(-c3ccc4c(c3)CCC4=NO)c(-c3ccncc3)[nH]2)ccc1OCCN(C(C)C)C(C)C. The summed E-state index contributed by atoms with van der Waals surface area (Å²) in [6.07, 6.45) is 4.88. The van der Waals surface area contributed by atoms with E-state index in [0.29, 0.717) is 53.7 Å². The molecule has 1 aliphatic rings. The van der Waals surface area contributed by atoms with Gasteiger partial charge < -0.3 is 24.6 Å². The molecule has 2 aromatic heterocycles. The molecule has 1 aliphatic carbocycles. The first-order chi connectivity index (χ1) is 21.2. The van der Waals surface area contributed by atoms with E-state index in [-0.39, 0.29) is 11.7 Å². The first-order valence-corrected chi connectivity index (χ1v) is 14.9. The van der Waals surface area contributed by atoms with E-state index in [0.717, 1.165) is 40.9 Å². The number of benzene rings is 2. The lowest BCUT2D eigenvalue weighted by Gasteiger charge is -2.30. The molecule has 0 fully saturated rings. The maximum Gasteiger partial charge on any atom is 0.293 e. The van der Waals surface area contributed by atoms with Gasteiger partial charge in [-0.3, -0.25) is 14.7 Å². The van der Waals surface area contributed by atoms with Gasteiger partial charge in [0, 0.05) is 66.5 Å². The van der Waals surface area contributed by atoms with Gasteiger partial charge in [-0.05, 0) is 76.4 Å². The number of anilines is 1. The van der Waals surface area contributed by atoms with E-state index in [1.165, 1.54) is 4.90 Å². The minimum absolute atomic E-state index is 0.203. The zero-order valence-corrected chi connectivity index (χ0v) is 26.2. The summed E-state index contributed by atoms with van der Waals surface area (Å²) in [5.74, 6) is 1.07. The fourth-order valence-electron chi connectivity index (χ4n) is 5.77. The minimum Gasteiger partial charge on any atom is -0.493 e. The summed E-state index contributed by atoms with van der Waals surface area (Å²) in [4.78, 5) is 29.9. The van der Waals surface area contributed by atoms with Crippen LogP contribution in [0.15, 0.2) is 66.1 Å². The number of hydrogen-bond donors (Lipinski definition) is 2. The molecular weight excluding hydrogens is 556 g/mol. The fraction of sp³-hybridized carbons (Fsp3) is 0.353. The quantitative estimate of drug-likeness (QED) is 0.160. The van der Waals surface area contributed by atoms with Gasteiger partial charge in [0.2, 0.25) is 0 Å². The number of H-pyrrole nitrogens is 1. The van der Waals surface area contributed by atoms with E-state index in [2.05, 4.69) is 53.8 Å². The van der Waals surface area contributed by atoms with Crippen LogP contribution in [0.2, 0.25) is 0 Å². The third-order valence-corrected chi connectivity index (χ3v) is 8.09. The Balaban J connectivity index is 1.41. The van der Waals surface area contributed by atoms with Crippen molar-refractivity contribution in [3.8, 4) is 34.0 Å². The van der Waals surface area contributed by atoms with Gasteiger partial charge in [-0.25, -0.2) is 4.98 Å². The maximum atomic E-state index is 13.8. The molecule has 230 valence electrons. The number of hydrogen-bond acceptors (Lipinski definition) is 8. The molecule has 2 heterocycles. The second-order valence-corrected chi connectivity index (χ2v) is 11.4. The Kier molecular flexibility index (Phi) is 9.29. The van der Waals surface area contributed by atoms with Crippen LogP contribution in [0.5, 0.6) is 11.5 Å². The topological polar surface area (TPSA) is 116 Å². The number of oxime groups is 1. The summed E-state index contributed by atoms with van der Waals surface area (Å²) in [6.45, 7) is 10.0. The molecule has 0 aliphatic heterocycles. The van der Waals surface area contributed by atoms with Gasteiger partial charge in [0.25, 0.3) is 5.91 Å². The molecule has 0 radical (unpaired) electrons. The normalized spacial score (nSPS) is 13.6. The average Bonchev–Trinajstić information content (AvgIpc) is 3.67. The number of nitrogens with zero attached hydrogens (tertiary/aromatic N) is 5. The number of fused-ring (bicyclic) bond motifs is 1. The Bertz CT molecular complexity index is 1640. The van der Waals surface area contributed by atoms with E-state index in [9.17, 15) is 10.0 Å². The number of amides is 1. The number of ether oxygens (including phenoxy) is 2. The van der Waals surface area contributed by atoms with Crippen LogP contribution in [0.3, 0.4) is 0 Å². The predicted molar refractivity (Wildman–Crippen MR) is 172 cm³/mol. The van der Waals surface area contributed by atoms with Crippen molar-refractivity contribution < 1.29 is 19.5 Å². The van der Waals surface area contributed by atoms with Gasteiger partial charge in [-0.1, -0.05) is 17.3 Å². The van der Waals surface area contributed by atoms with Gasteiger partial charge >= 0.3 is 0 Å². The van der Waals surface area contributed by atoms with E-state index < -0.39 is 0 Å². The zero-order valence-electron chi connectivity index (χ0n) is 26.2. The lowest BCUT2D eigenvalue weighted by atomic mass is 10.0. The third-order valence-electron chi connectivity index (χ3n) is 8.09. The first-order valence-electron chi connectivity index (χ1n) is 14.9. The van der Waals surface area contributed by atoms with Crippen LogP contribution in [0.1, 0.15) is 55.9 Å². The van der Waals surface area contributed by atoms with Crippen molar-refractivity contribution in [3.63, 3.8) is 0 Å². The minimum atomic E-state index is -0.303. The van der Waals surface area contributed by atoms with E-state index in [1.807, 2.05) is 36.4 Å². The molecule has 1 amide bonds. The maximum absolute atomic E-state index is 13.8. The van der Waals surface area contributed by atoms with E-state index in [1.54, 1.807) is 32.6 Å². The number of aromatic amines is 1. The summed E-state index contributed by atoms with van der Waals surface area (Å²) >= 11 is 0. The molecule has 0 unspecified atom stereocenters. The molecule has 0 saturated carbocycles. The highest BCUT2D eigenvalue weighted by Crippen LogP contribution is 2.35. The average molecular weight is 597 g/mol. The molecule has 0 spiro atoms. The Morgan fingerprint density at radius 3 is 2.43 bits per heavy atom. The molecule has 2 N–H and O–H groups in total. The summed E-state index contributed by atoms with van der Waals surface area (Å²) in [7, 11) is 3.30. The number of carbonyl (C=O) groups excluding carboxylic acids is 1. The van der Waals surface area contributed by atoms with Crippen LogP contribution in [-0.4, -0.2) is 76.1 Å². The number of aryl methyl sites for hydroxylation is 1. The third kappa shape index (κ3) is 6.30. The molecule has 44 heavy (non-hydrogen) atoms. The van der Waals surface area contributed by atoms with Gasteiger partial charge in [-0.15, -0.1) is 0 Å².